The summed E-state index contributed by atoms with van der Waals surface area (Å²) in [5, 5.41) is 12.4. The fraction of sp³-hybridized carbons (Fsp3) is 0.367. The van der Waals surface area contributed by atoms with Gasteiger partial charge >= 0.3 is 5.97 Å². The molecule has 9 nitrogen and oxygen atoms in total. The number of carboxylic acids is 1. The van der Waals surface area contributed by atoms with Gasteiger partial charge in [0.2, 0.25) is 11.8 Å². The number of piperidine rings is 1. The lowest BCUT2D eigenvalue weighted by atomic mass is 9.92. The number of nitrogens with zero attached hydrogens (tertiary/aromatic N) is 3. The van der Waals surface area contributed by atoms with Crippen molar-refractivity contribution in [2.24, 2.45) is 5.92 Å². The Bertz CT molecular complexity index is 1210. The van der Waals surface area contributed by atoms with Gasteiger partial charge in [-0.2, -0.15) is 0 Å². The van der Waals surface area contributed by atoms with Crippen molar-refractivity contribution in [3.8, 4) is 5.75 Å². The van der Waals surface area contributed by atoms with Crippen molar-refractivity contribution >= 4 is 17.8 Å². The number of aromatic nitrogens is 2. The zero-order chi connectivity index (χ0) is 27.5. The molecule has 39 heavy (non-hydrogen) atoms. The smallest absolute Gasteiger partial charge is 0.326 e. The molecule has 4 rings (SSSR count). The van der Waals surface area contributed by atoms with Crippen LogP contribution in [0.25, 0.3) is 0 Å². The Morgan fingerprint density at radius 1 is 1.00 bits per heavy atom. The van der Waals surface area contributed by atoms with E-state index in [1.807, 2.05) is 47.4 Å². The highest BCUT2D eigenvalue weighted by molar-refractivity contribution is 5.84. The summed E-state index contributed by atoms with van der Waals surface area (Å²) in [6.07, 6.45) is 7.67. The Labute approximate surface area is 228 Å². The van der Waals surface area contributed by atoms with E-state index in [0.717, 1.165) is 16.8 Å². The van der Waals surface area contributed by atoms with Crippen LogP contribution in [0.3, 0.4) is 0 Å². The zero-order valence-electron chi connectivity index (χ0n) is 21.9. The third-order valence-electron chi connectivity index (χ3n) is 6.90. The van der Waals surface area contributed by atoms with Gasteiger partial charge in [0.05, 0.1) is 5.69 Å². The number of benzene rings is 2. The Hall–Kier alpha value is -4.27. The average molecular weight is 531 g/mol. The first kappa shape index (κ1) is 27.8. The van der Waals surface area contributed by atoms with Crippen molar-refractivity contribution in [3.05, 3.63) is 90.0 Å². The Kier molecular flexibility index (Phi) is 9.99. The van der Waals surface area contributed by atoms with Crippen LogP contribution in [0.4, 0.5) is 0 Å². The molecule has 1 fully saturated rings. The number of likely N-dealkylation sites (tertiary alicyclic amines) is 1. The number of ether oxygens (including phenoxy) is 1. The Morgan fingerprint density at radius 2 is 1.74 bits per heavy atom. The summed E-state index contributed by atoms with van der Waals surface area (Å²) in [6, 6.07) is 16.1. The van der Waals surface area contributed by atoms with Crippen LogP contribution in [0.15, 0.2) is 73.2 Å². The highest BCUT2D eigenvalue weighted by Gasteiger charge is 2.26. The van der Waals surface area contributed by atoms with E-state index in [1.54, 1.807) is 30.7 Å². The number of aryl methyl sites for hydroxylation is 1. The van der Waals surface area contributed by atoms with Crippen LogP contribution in [0, 0.1) is 5.92 Å². The standard InChI is InChI=1S/C30H34N4O5/c35-28(19-23-12-16-34(17-13-23)29(36)11-8-25-20-31-14-15-32-25)33-27(30(37)38)18-22-6-9-26(10-7-22)39-21-24-4-2-1-3-5-24/h1-7,9-10,14-15,20,23,27H,8,11-13,16-19,21H2,(H,33,35)(H,37,38). The van der Waals surface area contributed by atoms with E-state index in [9.17, 15) is 19.5 Å². The zero-order valence-corrected chi connectivity index (χ0v) is 21.9. The fourth-order valence-electron chi connectivity index (χ4n) is 4.65. The molecule has 1 saturated heterocycles. The van der Waals surface area contributed by atoms with Gasteiger partial charge in [-0.1, -0.05) is 42.5 Å². The number of aliphatic carboxylic acids is 1. The van der Waals surface area contributed by atoms with Gasteiger partial charge in [-0.3, -0.25) is 19.6 Å². The minimum Gasteiger partial charge on any atom is -0.489 e. The van der Waals surface area contributed by atoms with Gasteiger partial charge in [0.1, 0.15) is 18.4 Å². The highest BCUT2D eigenvalue weighted by Crippen LogP contribution is 2.22. The minimum atomic E-state index is -1.07. The van der Waals surface area contributed by atoms with Gasteiger partial charge < -0.3 is 20.1 Å². The number of carbonyl (C=O) groups excluding carboxylic acids is 2. The van der Waals surface area contributed by atoms with E-state index >= 15 is 0 Å². The van der Waals surface area contributed by atoms with E-state index in [1.165, 1.54) is 0 Å². The predicted octanol–water partition coefficient (Wildman–Crippen LogP) is 3.43. The molecule has 1 unspecified atom stereocenters. The van der Waals surface area contributed by atoms with Crippen LogP contribution in [-0.4, -0.2) is 56.9 Å². The van der Waals surface area contributed by atoms with E-state index in [0.29, 0.717) is 51.1 Å². The molecule has 2 amide bonds. The molecule has 1 aliphatic rings. The normalized spacial score (nSPS) is 14.4. The van der Waals surface area contributed by atoms with E-state index < -0.39 is 12.0 Å². The summed E-state index contributed by atoms with van der Waals surface area (Å²) in [4.78, 5) is 47.1. The molecule has 1 aromatic heterocycles. The second-order valence-corrected chi connectivity index (χ2v) is 9.81. The van der Waals surface area contributed by atoms with Crippen molar-refractivity contribution in [1.82, 2.24) is 20.2 Å². The van der Waals surface area contributed by atoms with Gasteiger partial charge in [-0.25, -0.2) is 4.79 Å². The third kappa shape index (κ3) is 8.91. The molecular weight excluding hydrogens is 496 g/mol. The minimum absolute atomic E-state index is 0.0750. The van der Waals surface area contributed by atoms with Crippen molar-refractivity contribution < 1.29 is 24.2 Å². The molecule has 2 aromatic carbocycles. The molecule has 1 atom stereocenters. The molecule has 9 heteroatoms. The average Bonchev–Trinajstić information content (AvgIpc) is 2.96. The quantitative estimate of drug-likeness (QED) is 0.368. The molecule has 1 aliphatic heterocycles. The van der Waals surface area contributed by atoms with Crippen LogP contribution in [0.1, 0.15) is 42.5 Å². The summed E-state index contributed by atoms with van der Waals surface area (Å²) >= 11 is 0. The fourth-order valence-corrected chi connectivity index (χ4v) is 4.65. The van der Waals surface area contributed by atoms with Gasteiger partial charge in [0.15, 0.2) is 0 Å². The SMILES string of the molecule is O=C(CC1CCN(C(=O)CCc2cnccn2)CC1)NC(Cc1ccc(OCc2ccccc2)cc1)C(=O)O. The number of hydrogen-bond donors (Lipinski definition) is 2. The monoisotopic (exact) mass is 530 g/mol. The Balaban J connectivity index is 1.18. The lowest BCUT2D eigenvalue weighted by Crippen LogP contribution is -2.44. The number of carbonyl (C=O) groups is 3. The second-order valence-electron chi connectivity index (χ2n) is 9.81. The molecule has 2 heterocycles. The number of carboxylic acid groups (broad SMARTS) is 1. The summed E-state index contributed by atoms with van der Waals surface area (Å²) in [7, 11) is 0. The molecule has 0 spiro atoms. The molecule has 0 bridgehead atoms. The summed E-state index contributed by atoms with van der Waals surface area (Å²) in [5.41, 5.74) is 2.65. The van der Waals surface area contributed by atoms with Crippen LogP contribution in [0.2, 0.25) is 0 Å². The van der Waals surface area contributed by atoms with Crippen LogP contribution >= 0.6 is 0 Å². The molecule has 0 saturated carbocycles. The lowest BCUT2D eigenvalue weighted by molar-refractivity contribution is -0.142. The summed E-state index contributed by atoms with van der Waals surface area (Å²) < 4.78 is 5.79. The first-order valence-corrected chi connectivity index (χ1v) is 13.3. The number of hydrogen-bond acceptors (Lipinski definition) is 6. The lowest BCUT2D eigenvalue weighted by Gasteiger charge is -2.32. The molecular formula is C30H34N4O5. The van der Waals surface area contributed by atoms with Crippen molar-refractivity contribution in [3.63, 3.8) is 0 Å². The maximum absolute atomic E-state index is 12.7. The highest BCUT2D eigenvalue weighted by atomic mass is 16.5. The first-order valence-electron chi connectivity index (χ1n) is 13.3. The van der Waals surface area contributed by atoms with E-state index in [4.69, 9.17) is 4.74 Å². The topological polar surface area (TPSA) is 122 Å². The third-order valence-corrected chi connectivity index (χ3v) is 6.90. The van der Waals surface area contributed by atoms with Gasteiger partial charge in [0, 0.05) is 50.9 Å². The molecule has 2 N–H and O–H groups in total. The molecule has 204 valence electrons. The van der Waals surface area contributed by atoms with Crippen molar-refractivity contribution in [2.45, 2.75) is 51.2 Å². The van der Waals surface area contributed by atoms with Crippen LogP contribution < -0.4 is 10.1 Å². The Morgan fingerprint density at radius 3 is 2.41 bits per heavy atom. The molecule has 0 radical (unpaired) electrons. The molecule has 3 aromatic rings. The van der Waals surface area contributed by atoms with E-state index in [2.05, 4.69) is 15.3 Å². The number of nitrogens with one attached hydrogen (secondary N) is 1. The molecule has 0 aliphatic carbocycles. The van der Waals surface area contributed by atoms with Crippen molar-refractivity contribution in [2.75, 3.05) is 13.1 Å². The maximum Gasteiger partial charge on any atom is 0.326 e. The predicted molar refractivity (Wildman–Crippen MR) is 145 cm³/mol. The number of rotatable bonds is 12. The van der Waals surface area contributed by atoms with Gasteiger partial charge in [-0.15, -0.1) is 0 Å². The largest absolute Gasteiger partial charge is 0.489 e. The first-order chi connectivity index (χ1) is 19.0. The van der Waals surface area contributed by atoms with Gasteiger partial charge in [0.25, 0.3) is 0 Å². The van der Waals surface area contributed by atoms with Crippen LogP contribution in [-0.2, 0) is 33.8 Å². The second kappa shape index (κ2) is 14.0. The van der Waals surface area contributed by atoms with Gasteiger partial charge in [-0.05, 0) is 48.4 Å². The summed E-state index contributed by atoms with van der Waals surface area (Å²) in [6.45, 7) is 1.64. The summed E-state index contributed by atoms with van der Waals surface area (Å²) in [5.74, 6) is -0.471. The van der Waals surface area contributed by atoms with E-state index in [-0.39, 0.29) is 30.6 Å². The number of amides is 2. The van der Waals surface area contributed by atoms with Crippen molar-refractivity contribution in [1.29, 1.82) is 0 Å². The van der Waals surface area contributed by atoms with Crippen LogP contribution in [0.5, 0.6) is 5.75 Å². The maximum atomic E-state index is 12.7.